The van der Waals surface area contributed by atoms with Gasteiger partial charge >= 0.3 is 0 Å². The van der Waals surface area contributed by atoms with E-state index < -0.39 is 0 Å². The van der Waals surface area contributed by atoms with E-state index in [1.54, 1.807) is 12.1 Å². The zero-order valence-electron chi connectivity index (χ0n) is 16.9. The summed E-state index contributed by atoms with van der Waals surface area (Å²) >= 11 is 0. The number of ether oxygens (including phenoxy) is 1. The maximum absolute atomic E-state index is 12.5. The molecule has 28 heavy (non-hydrogen) atoms. The first kappa shape index (κ1) is 20.4. The molecule has 0 aliphatic carbocycles. The van der Waals surface area contributed by atoms with Crippen molar-refractivity contribution in [3.05, 3.63) is 28.3 Å². The van der Waals surface area contributed by atoms with Crippen molar-refractivity contribution in [1.29, 1.82) is 0 Å². The van der Waals surface area contributed by atoms with Crippen LogP contribution in [0.2, 0.25) is 0 Å². The van der Waals surface area contributed by atoms with E-state index in [0.717, 1.165) is 25.1 Å². The molecule has 0 spiro atoms. The molecule has 0 saturated carbocycles. The number of hydrogen-bond acceptors (Lipinski definition) is 6. The number of nitrogens with one attached hydrogen (secondary N) is 1. The minimum atomic E-state index is -0.380. The number of benzene rings is 1. The van der Waals surface area contributed by atoms with Gasteiger partial charge in [-0.15, -0.1) is 0 Å². The Hall–Kier alpha value is -2.35. The number of hydrogen-bond donors (Lipinski definition) is 1. The molecule has 2 saturated heterocycles. The van der Waals surface area contributed by atoms with Gasteiger partial charge in [0.05, 0.1) is 11.0 Å². The average Bonchev–Trinajstić information content (AvgIpc) is 3.18. The average molecular weight is 390 g/mol. The number of amides is 1. The van der Waals surface area contributed by atoms with Gasteiger partial charge in [-0.2, -0.15) is 0 Å². The number of piperazine rings is 1. The second kappa shape index (κ2) is 8.34. The van der Waals surface area contributed by atoms with Gasteiger partial charge in [0.25, 0.3) is 5.69 Å². The fraction of sp³-hybridized carbons (Fsp3) is 0.650. The van der Waals surface area contributed by atoms with Crippen molar-refractivity contribution in [1.82, 2.24) is 4.90 Å². The van der Waals surface area contributed by atoms with E-state index in [9.17, 15) is 14.9 Å². The second-order valence-corrected chi connectivity index (χ2v) is 8.50. The number of carbonyl (C=O) groups excluding carboxylic acids is 1. The molecule has 1 aromatic carbocycles. The molecule has 1 aromatic rings. The molecule has 1 N–H and O–H groups in total. The molecule has 2 fully saturated rings. The standard InChI is InChI=1S/C20H30N4O4/c1-20(2,3)19(25)23-10-8-22(9-11-23)15-6-7-18(24(26)27)17(13-15)21-14-16-5-4-12-28-16/h6-7,13,16,21H,4-5,8-12,14H2,1-3H3/t16-/m1/s1. The minimum absolute atomic E-state index is 0.0725. The Morgan fingerprint density at radius 2 is 2.00 bits per heavy atom. The predicted octanol–water partition coefficient (Wildman–Crippen LogP) is 2.88. The summed E-state index contributed by atoms with van der Waals surface area (Å²) in [5.74, 6) is 0.162. The van der Waals surface area contributed by atoms with E-state index in [0.29, 0.717) is 38.4 Å². The Morgan fingerprint density at radius 1 is 1.29 bits per heavy atom. The van der Waals surface area contributed by atoms with Crippen LogP contribution in [-0.4, -0.2) is 61.2 Å². The van der Waals surface area contributed by atoms with Crippen molar-refractivity contribution in [2.45, 2.75) is 39.7 Å². The summed E-state index contributed by atoms with van der Waals surface area (Å²) in [5.41, 5.74) is 1.15. The SMILES string of the molecule is CC(C)(C)C(=O)N1CCN(c2ccc([N+](=O)[O-])c(NC[C@H]3CCCO3)c2)CC1. The van der Waals surface area contributed by atoms with E-state index in [2.05, 4.69) is 10.2 Å². The summed E-state index contributed by atoms with van der Waals surface area (Å²) in [6.45, 7) is 9.87. The van der Waals surface area contributed by atoms with Crippen LogP contribution in [-0.2, 0) is 9.53 Å². The summed E-state index contributed by atoms with van der Waals surface area (Å²) < 4.78 is 5.60. The van der Waals surface area contributed by atoms with Crippen LogP contribution in [0.3, 0.4) is 0 Å². The molecule has 1 atom stereocenters. The van der Waals surface area contributed by atoms with Crippen molar-refractivity contribution in [3.63, 3.8) is 0 Å². The van der Waals surface area contributed by atoms with Gasteiger partial charge in [0.15, 0.2) is 0 Å². The molecule has 3 rings (SSSR count). The van der Waals surface area contributed by atoms with Crippen LogP contribution in [0.25, 0.3) is 0 Å². The lowest BCUT2D eigenvalue weighted by atomic mass is 9.94. The maximum atomic E-state index is 12.5. The van der Waals surface area contributed by atoms with Gasteiger partial charge in [-0.25, -0.2) is 0 Å². The number of rotatable bonds is 5. The lowest BCUT2D eigenvalue weighted by molar-refractivity contribution is -0.383. The van der Waals surface area contributed by atoms with Gasteiger partial charge in [-0.1, -0.05) is 20.8 Å². The van der Waals surface area contributed by atoms with Crippen molar-refractivity contribution in [3.8, 4) is 0 Å². The highest BCUT2D eigenvalue weighted by molar-refractivity contribution is 5.81. The van der Waals surface area contributed by atoms with Crippen LogP contribution in [0.1, 0.15) is 33.6 Å². The van der Waals surface area contributed by atoms with Crippen LogP contribution in [0.5, 0.6) is 0 Å². The van der Waals surface area contributed by atoms with Gasteiger partial charge in [-0.3, -0.25) is 14.9 Å². The zero-order valence-corrected chi connectivity index (χ0v) is 16.9. The lowest BCUT2D eigenvalue weighted by Gasteiger charge is -2.38. The summed E-state index contributed by atoms with van der Waals surface area (Å²) in [6.07, 6.45) is 2.12. The fourth-order valence-corrected chi connectivity index (χ4v) is 3.69. The third-order valence-corrected chi connectivity index (χ3v) is 5.29. The van der Waals surface area contributed by atoms with Crippen LogP contribution in [0, 0.1) is 15.5 Å². The highest BCUT2D eigenvalue weighted by Crippen LogP contribution is 2.31. The minimum Gasteiger partial charge on any atom is -0.377 e. The first-order valence-electron chi connectivity index (χ1n) is 9.94. The second-order valence-electron chi connectivity index (χ2n) is 8.50. The largest absolute Gasteiger partial charge is 0.377 e. The Kier molecular flexibility index (Phi) is 6.07. The summed E-state index contributed by atoms with van der Waals surface area (Å²) in [6, 6.07) is 5.19. The number of carbonyl (C=O) groups is 1. The number of anilines is 2. The molecule has 8 heteroatoms. The van der Waals surface area contributed by atoms with E-state index in [1.165, 1.54) is 0 Å². The van der Waals surface area contributed by atoms with E-state index in [4.69, 9.17) is 4.74 Å². The molecule has 2 aliphatic heterocycles. The third kappa shape index (κ3) is 4.73. The molecule has 8 nitrogen and oxygen atoms in total. The Bertz CT molecular complexity index is 717. The van der Waals surface area contributed by atoms with Crippen molar-refractivity contribution < 1.29 is 14.5 Å². The maximum Gasteiger partial charge on any atom is 0.292 e. The smallest absolute Gasteiger partial charge is 0.292 e. The van der Waals surface area contributed by atoms with Crippen LogP contribution in [0.4, 0.5) is 17.1 Å². The number of nitro benzene ring substituents is 1. The highest BCUT2D eigenvalue weighted by atomic mass is 16.6. The van der Waals surface area contributed by atoms with Crippen LogP contribution in [0.15, 0.2) is 18.2 Å². The summed E-state index contributed by atoms with van der Waals surface area (Å²) in [7, 11) is 0. The topological polar surface area (TPSA) is 88.0 Å². The molecule has 1 amide bonds. The van der Waals surface area contributed by atoms with Gasteiger partial charge in [0.2, 0.25) is 5.91 Å². The third-order valence-electron chi connectivity index (χ3n) is 5.29. The molecular weight excluding hydrogens is 360 g/mol. The lowest BCUT2D eigenvalue weighted by Crippen LogP contribution is -2.51. The fourth-order valence-electron chi connectivity index (χ4n) is 3.69. The quantitative estimate of drug-likeness (QED) is 0.614. The van der Waals surface area contributed by atoms with Gasteiger partial charge in [0.1, 0.15) is 5.69 Å². The molecule has 0 aromatic heterocycles. The first-order chi connectivity index (χ1) is 13.3. The van der Waals surface area contributed by atoms with E-state index in [-0.39, 0.29) is 28.0 Å². The first-order valence-corrected chi connectivity index (χ1v) is 9.94. The molecule has 0 unspecified atom stereocenters. The Labute approximate surface area is 166 Å². The molecule has 2 aliphatic rings. The van der Waals surface area contributed by atoms with E-state index in [1.807, 2.05) is 31.7 Å². The molecule has 0 bridgehead atoms. The highest BCUT2D eigenvalue weighted by Gasteiger charge is 2.30. The Morgan fingerprint density at radius 3 is 2.57 bits per heavy atom. The van der Waals surface area contributed by atoms with Gasteiger partial charge < -0.3 is 19.9 Å². The summed E-state index contributed by atoms with van der Waals surface area (Å²) in [5, 5.41) is 14.6. The van der Waals surface area contributed by atoms with E-state index >= 15 is 0 Å². The number of nitrogens with zero attached hydrogens (tertiary/aromatic N) is 3. The molecule has 154 valence electrons. The predicted molar refractivity (Wildman–Crippen MR) is 109 cm³/mol. The van der Waals surface area contributed by atoms with Crippen LogP contribution < -0.4 is 10.2 Å². The molecular formula is C20H30N4O4. The summed E-state index contributed by atoms with van der Waals surface area (Å²) in [4.78, 5) is 27.6. The monoisotopic (exact) mass is 390 g/mol. The van der Waals surface area contributed by atoms with Gasteiger partial charge in [-0.05, 0) is 25.0 Å². The number of nitro groups is 1. The van der Waals surface area contributed by atoms with Crippen molar-refractivity contribution in [2.75, 3.05) is 49.5 Å². The van der Waals surface area contributed by atoms with Crippen molar-refractivity contribution >= 4 is 23.0 Å². The zero-order chi connectivity index (χ0) is 20.3. The molecule has 0 radical (unpaired) electrons. The normalized spacial score (nSPS) is 20.3. The molecule has 2 heterocycles. The van der Waals surface area contributed by atoms with Crippen LogP contribution >= 0.6 is 0 Å². The van der Waals surface area contributed by atoms with Gasteiger partial charge in [0, 0.05) is 56.5 Å². The van der Waals surface area contributed by atoms with Crippen molar-refractivity contribution in [2.24, 2.45) is 5.41 Å². The Balaban J connectivity index is 1.67.